The summed E-state index contributed by atoms with van der Waals surface area (Å²) in [5.41, 5.74) is 5.72. The predicted molar refractivity (Wildman–Crippen MR) is 124 cm³/mol. The first-order chi connectivity index (χ1) is 13.0. The smallest absolute Gasteiger partial charge is 0.293 e. The lowest BCUT2D eigenvalue weighted by Crippen LogP contribution is -2.23. The van der Waals surface area contributed by atoms with Gasteiger partial charge in [0.2, 0.25) is 0 Å². The van der Waals surface area contributed by atoms with E-state index in [0.29, 0.717) is 18.6 Å². The molecule has 0 spiro atoms. The molecule has 1 aromatic heterocycles. The Kier molecular flexibility index (Phi) is 14.1. The average Bonchev–Trinajstić information content (AvgIpc) is 2.51. The first kappa shape index (κ1) is 26.8. The third kappa shape index (κ3) is 15.8. The lowest BCUT2D eigenvalue weighted by atomic mass is 9.99. The number of hydrogen-bond acceptors (Lipinski definition) is 5. The summed E-state index contributed by atoms with van der Waals surface area (Å²) in [5.74, 6) is 0.721. The number of aromatic nitrogens is 1. The third-order valence-electron chi connectivity index (χ3n) is 3.71. The van der Waals surface area contributed by atoms with Crippen LogP contribution in [0.3, 0.4) is 0 Å². The van der Waals surface area contributed by atoms with Crippen LogP contribution in [0.4, 0.5) is 0 Å². The topological polar surface area (TPSA) is 57.2 Å². The molecule has 0 bridgehead atoms. The van der Waals surface area contributed by atoms with E-state index < -0.39 is 0 Å². The van der Waals surface area contributed by atoms with E-state index in [2.05, 4.69) is 53.7 Å². The molecule has 1 aromatic carbocycles. The van der Waals surface area contributed by atoms with Crippen LogP contribution in [0.5, 0.6) is 0 Å². The van der Waals surface area contributed by atoms with Gasteiger partial charge in [-0.2, -0.15) is 0 Å². The third-order valence-corrected chi connectivity index (χ3v) is 4.98. The van der Waals surface area contributed by atoms with Crippen molar-refractivity contribution in [1.82, 2.24) is 3.96 Å². The van der Waals surface area contributed by atoms with Crippen LogP contribution in [0, 0.1) is 5.92 Å². The molecular formula is C22H38N2O2S2. The highest BCUT2D eigenvalue weighted by molar-refractivity contribution is 7.80. The second-order valence-electron chi connectivity index (χ2n) is 8.23. The highest BCUT2D eigenvalue weighted by atomic mass is 32.1. The molecule has 1 unspecified atom stereocenters. The van der Waals surface area contributed by atoms with Gasteiger partial charge in [-0.3, -0.25) is 4.79 Å². The minimum Gasteiger partial charge on any atom is -0.462 e. The number of nitrogens with two attached hydrogens (primary N) is 1. The van der Waals surface area contributed by atoms with Crippen LogP contribution in [0.2, 0.25) is 0 Å². The van der Waals surface area contributed by atoms with Gasteiger partial charge in [-0.1, -0.05) is 43.6 Å². The molecule has 1 heterocycles. The molecule has 0 radical (unpaired) electrons. The molecule has 0 aliphatic carbocycles. The van der Waals surface area contributed by atoms with Crippen molar-refractivity contribution in [2.75, 3.05) is 0 Å². The van der Waals surface area contributed by atoms with Crippen molar-refractivity contribution in [3.8, 4) is 0 Å². The van der Waals surface area contributed by atoms with Crippen molar-refractivity contribution in [3.63, 3.8) is 0 Å². The van der Waals surface area contributed by atoms with E-state index in [0.717, 1.165) is 23.7 Å². The van der Waals surface area contributed by atoms with Crippen molar-refractivity contribution in [1.29, 1.82) is 0 Å². The highest BCUT2D eigenvalue weighted by Gasteiger charge is 2.10. The van der Waals surface area contributed by atoms with E-state index in [-0.39, 0.29) is 5.60 Å². The number of thiol groups is 1. The summed E-state index contributed by atoms with van der Waals surface area (Å²) in [6.45, 7) is 12.7. The SMILES string of the molecule is CC(C)(C)OC=O.CC(C)CC(N)CC[C@@H](C)n1ccs1.Sc1ccccc1. The van der Waals surface area contributed by atoms with Crippen molar-refractivity contribution in [2.24, 2.45) is 11.7 Å². The normalized spacial score (nSPS) is 12.9. The standard InChI is InChI=1S/C11H22N2S.C6H6S.C5H10O2/c1-9(2)8-11(12)5-4-10(3)13-6-7-14-13;7-6-4-2-1-3-5-6;1-5(2,3)7-4-6/h6-7,9-11H,4-5,8,12H2,1-3H3;1-5,7H;4H,1-3H3/t10-,11?;;/m1../s1. The molecule has 2 rings (SSSR count). The summed E-state index contributed by atoms with van der Waals surface area (Å²) in [4.78, 5) is 10.6. The molecule has 0 saturated carbocycles. The molecule has 6 heteroatoms. The lowest BCUT2D eigenvalue weighted by Gasteiger charge is -2.19. The zero-order valence-electron chi connectivity index (χ0n) is 18.2. The first-order valence-electron chi connectivity index (χ1n) is 9.78. The molecule has 0 aliphatic heterocycles. The monoisotopic (exact) mass is 426 g/mol. The molecular weight excluding hydrogens is 388 g/mol. The van der Waals surface area contributed by atoms with Crippen molar-refractivity contribution < 1.29 is 9.53 Å². The maximum Gasteiger partial charge on any atom is 0.293 e. The maximum absolute atomic E-state index is 9.60. The van der Waals surface area contributed by atoms with Gasteiger partial charge in [0.25, 0.3) is 6.47 Å². The van der Waals surface area contributed by atoms with Crippen LogP contribution < -0.4 is 5.73 Å². The Labute approximate surface area is 181 Å². The number of benzene rings is 1. The second-order valence-corrected chi connectivity index (χ2v) is 9.65. The Morgan fingerprint density at radius 1 is 1.18 bits per heavy atom. The maximum atomic E-state index is 9.60. The van der Waals surface area contributed by atoms with Gasteiger partial charge in [-0.15, -0.1) is 12.6 Å². The largest absolute Gasteiger partial charge is 0.462 e. The molecule has 2 atom stereocenters. The molecule has 0 amide bonds. The van der Waals surface area contributed by atoms with E-state index in [1.807, 2.05) is 51.1 Å². The fourth-order valence-electron chi connectivity index (χ4n) is 2.26. The summed E-state index contributed by atoms with van der Waals surface area (Å²) in [6, 6.07) is 10.8. The number of hydrogen-bond donors (Lipinski definition) is 2. The first-order valence-corrected chi connectivity index (χ1v) is 11.1. The Morgan fingerprint density at radius 2 is 1.75 bits per heavy atom. The molecule has 0 saturated heterocycles. The van der Waals surface area contributed by atoms with Gasteiger partial charge < -0.3 is 14.4 Å². The van der Waals surface area contributed by atoms with Gasteiger partial charge in [0, 0.05) is 28.6 Å². The van der Waals surface area contributed by atoms with E-state index in [1.165, 1.54) is 6.42 Å². The quantitative estimate of drug-likeness (QED) is 0.409. The van der Waals surface area contributed by atoms with Crippen LogP contribution in [-0.4, -0.2) is 22.1 Å². The lowest BCUT2D eigenvalue weighted by molar-refractivity contribution is -0.138. The number of carbonyl (C=O) groups excluding carboxylic acids is 1. The van der Waals surface area contributed by atoms with Crippen molar-refractivity contribution in [3.05, 3.63) is 41.9 Å². The van der Waals surface area contributed by atoms with Crippen molar-refractivity contribution in [2.45, 2.75) is 83.4 Å². The predicted octanol–water partition coefficient (Wildman–Crippen LogP) is 6.20. The van der Waals surface area contributed by atoms with E-state index in [4.69, 9.17) is 5.73 Å². The summed E-state index contributed by atoms with van der Waals surface area (Å²) >= 11 is 5.88. The molecule has 0 fully saturated rings. The zero-order chi connectivity index (χ0) is 21.6. The van der Waals surface area contributed by atoms with E-state index in [9.17, 15) is 4.79 Å². The summed E-state index contributed by atoms with van der Waals surface area (Å²) < 4.78 is 6.84. The average molecular weight is 427 g/mol. The highest BCUT2D eigenvalue weighted by Crippen LogP contribution is 2.19. The van der Waals surface area contributed by atoms with Crippen LogP contribution in [0.1, 0.15) is 66.8 Å². The van der Waals surface area contributed by atoms with Crippen molar-refractivity contribution >= 4 is 30.6 Å². The van der Waals surface area contributed by atoms with Gasteiger partial charge in [-0.25, -0.2) is 0 Å². The molecule has 2 aromatic rings. The molecule has 0 aliphatic rings. The number of nitrogens with zero attached hydrogens (tertiary/aromatic N) is 1. The van der Waals surface area contributed by atoms with Gasteiger partial charge in [0.1, 0.15) is 5.60 Å². The minimum absolute atomic E-state index is 0.318. The van der Waals surface area contributed by atoms with Gasteiger partial charge in [-0.05, 0) is 65.0 Å². The Hall–Kier alpha value is -1.24. The number of ether oxygens (including phenoxy) is 1. The Bertz CT molecular complexity index is 594. The summed E-state index contributed by atoms with van der Waals surface area (Å²) in [5, 5.41) is 2.12. The van der Waals surface area contributed by atoms with Crippen LogP contribution in [-0.2, 0) is 9.53 Å². The van der Waals surface area contributed by atoms with Crippen LogP contribution in [0.25, 0.3) is 0 Å². The number of rotatable bonds is 7. The summed E-state index contributed by atoms with van der Waals surface area (Å²) in [6.07, 6.45) is 5.63. The van der Waals surface area contributed by atoms with Gasteiger partial charge in [0.05, 0.1) is 0 Å². The fraction of sp³-hybridized carbons (Fsp3) is 0.591. The molecule has 160 valence electrons. The number of carbonyl (C=O) groups is 1. The molecule has 2 N–H and O–H groups in total. The fourth-order valence-corrected chi connectivity index (χ4v) is 3.01. The zero-order valence-corrected chi connectivity index (χ0v) is 19.9. The van der Waals surface area contributed by atoms with Gasteiger partial charge >= 0.3 is 0 Å². The summed E-state index contributed by atoms with van der Waals surface area (Å²) in [7, 11) is 0. The van der Waals surface area contributed by atoms with Crippen LogP contribution >= 0.6 is 24.2 Å². The molecule has 4 nitrogen and oxygen atoms in total. The van der Waals surface area contributed by atoms with E-state index >= 15 is 0 Å². The van der Waals surface area contributed by atoms with Gasteiger partial charge in [0.15, 0.2) is 0 Å². The minimum atomic E-state index is -0.318. The Balaban J connectivity index is 0.000000437. The van der Waals surface area contributed by atoms with Crippen LogP contribution in [0.15, 0.2) is 46.8 Å². The Morgan fingerprint density at radius 3 is 2.04 bits per heavy atom. The molecule has 28 heavy (non-hydrogen) atoms. The second kappa shape index (κ2) is 14.7. The van der Waals surface area contributed by atoms with E-state index in [1.54, 1.807) is 11.5 Å².